The summed E-state index contributed by atoms with van der Waals surface area (Å²) in [6.45, 7) is 0.725. The molecule has 6 heteroatoms. The van der Waals surface area contributed by atoms with Crippen LogP contribution in [-0.4, -0.2) is 34.7 Å². The summed E-state index contributed by atoms with van der Waals surface area (Å²) in [5.41, 5.74) is 8.68. The first-order chi connectivity index (χ1) is 9.16. The van der Waals surface area contributed by atoms with Crippen LogP contribution >= 0.6 is 0 Å². The van der Waals surface area contributed by atoms with Crippen molar-refractivity contribution in [1.82, 2.24) is 15.2 Å². The molecule has 2 heterocycles. The van der Waals surface area contributed by atoms with Gasteiger partial charge in [0.2, 0.25) is 5.91 Å². The second-order valence-corrected chi connectivity index (χ2v) is 4.53. The van der Waals surface area contributed by atoms with Gasteiger partial charge < -0.3 is 5.73 Å². The van der Waals surface area contributed by atoms with Gasteiger partial charge in [0.25, 0.3) is 0 Å². The number of nitrogens with one attached hydrogen (secondary N) is 1. The van der Waals surface area contributed by atoms with Gasteiger partial charge in [-0.3, -0.25) is 19.9 Å². The minimum absolute atomic E-state index is 0.142. The first-order valence-corrected chi connectivity index (χ1v) is 6.10. The Bertz CT molecular complexity index is 604. The van der Waals surface area contributed by atoms with Gasteiger partial charge in [0.15, 0.2) is 0 Å². The number of nitrogens with zero attached hydrogens (tertiary/aromatic N) is 3. The average Bonchev–Trinajstić information content (AvgIpc) is 2.98. The number of rotatable bonds is 2. The van der Waals surface area contributed by atoms with Crippen LogP contribution in [0.1, 0.15) is 6.42 Å². The van der Waals surface area contributed by atoms with Crippen LogP contribution in [-0.2, 0) is 4.79 Å². The van der Waals surface area contributed by atoms with Gasteiger partial charge in [-0.25, -0.2) is 0 Å². The Morgan fingerprint density at radius 2 is 2.05 bits per heavy atom. The minimum Gasteiger partial charge on any atom is -0.384 e. The van der Waals surface area contributed by atoms with Crippen LogP contribution in [0, 0.1) is 0 Å². The Hall–Kier alpha value is -2.50. The maximum Gasteiger partial charge on any atom is 0.242 e. The molecule has 1 aliphatic heterocycles. The maximum atomic E-state index is 11.5. The molecule has 0 radical (unpaired) electrons. The number of aromatic amines is 1. The second-order valence-electron chi connectivity index (χ2n) is 4.53. The van der Waals surface area contributed by atoms with Crippen LogP contribution in [0.2, 0.25) is 0 Å². The van der Waals surface area contributed by atoms with Gasteiger partial charge >= 0.3 is 0 Å². The number of H-pyrrole nitrogens is 1. The molecule has 2 aromatic rings. The first-order valence-electron chi connectivity index (χ1n) is 6.10. The Balaban J connectivity index is 1.88. The zero-order valence-corrected chi connectivity index (χ0v) is 10.6. The van der Waals surface area contributed by atoms with Gasteiger partial charge in [-0.2, -0.15) is 5.10 Å². The molecule has 0 saturated carbocycles. The van der Waals surface area contributed by atoms with E-state index in [0.29, 0.717) is 12.2 Å². The molecule has 98 valence electrons. The molecule has 1 amide bonds. The lowest BCUT2D eigenvalue weighted by atomic mass is 10.1. The molecule has 1 aromatic heterocycles. The summed E-state index contributed by atoms with van der Waals surface area (Å²) in [5.74, 6) is 0.698. The van der Waals surface area contributed by atoms with Crippen molar-refractivity contribution in [3.63, 3.8) is 0 Å². The maximum absolute atomic E-state index is 11.5. The molecule has 0 atom stereocenters. The van der Waals surface area contributed by atoms with Crippen LogP contribution in [0.25, 0.3) is 11.1 Å². The highest BCUT2D eigenvalue weighted by molar-refractivity contribution is 5.82. The van der Waals surface area contributed by atoms with Crippen LogP contribution in [0.5, 0.6) is 0 Å². The molecule has 1 aromatic carbocycles. The van der Waals surface area contributed by atoms with E-state index in [-0.39, 0.29) is 5.91 Å². The lowest BCUT2D eigenvalue weighted by Crippen LogP contribution is -2.35. The van der Waals surface area contributed by atoms with E-state index in [1.54, 1.807) is 18.3 Å². The largest absolute Gasteiger partial charge is 0.384 e. The predicted molar refractivity (Wildman–Crippen MR) is 73.2 cm³/mol. The van der Waals surface area contributed by atoms with Crippen molar-refractivity contribution in [3.8, 4) is 11.1 Å². The van der Waals surface area contributed by atoms with E-state index in [2.05, 4.69) is 10.2 Å². The van der Waals surface area contributed by atoms with Crippen LogP contribution in [0.4, 0.5) is 11.5 Å². The highest BCUT2D eigenvalue weighted by Crippen LogP contribution is 2.27. The highest BCUT2D eigenvalue weighted by Gasteiger charge is 2.25. The van der Waals surface area contributed by atoms with Gasteiger partial charge in [0, 0.05) is 25.6 Å². The number of carbonyl (C=O) groups is 1. The molecule has 0 unspecified atom stereocenters. The fraction of sp³-hybridized carbons (Fsp3) is 0.231. The van der Waals surface area contributed by atoms with Crippen molar-refractivity contribution < 1.29 is 4.79 Å². The Labute approximate surface area is 110 Å². The number of aromatic nitrogens is 2. The average molecular weight is 257 g/mol. The number of anilines is 2. The second kappa shape index (κ2) is 4.31. The smallest absolute Gasteiger partial charge is 0.242 e. The third-order valence-electron chi connectivity index (χ3n) is 3.41. The number of carbonyl (C=O) groups excluding carboxylic acids is 1. The molecule has 1 saturated heterocycles. The summed E-state index contributed by atoms with van der Waals surface area (Å²) in [6.07, 6.45) is 2.27. The van der Waals surface area contributed by atoms with Gasteiger partial charge in [-0.1, -0.05) is 12.1 Å². The van der Waals surface area contributed by atoms with Crippen LogP contribution in [0.15, 0.2) is 30.5 Å². The molecule has 6 nitrogen and oxygen atoms in total. The normalized spacial score (nSPS) is 15.3. The molecule has 1 aliphatic rings. The minimum atomic E-state index is 0.142. The van der Waals surface area contributed by atoms with Crippen molar-refractivity contribution >= 4 is 17.4 Å². The summed E-state index contributed by atoms with van der Waals surface area (Å²) >= 11 is 0. The summed E-state index contributed by atoms with van der Waals surface area (Å²) in [7, 11) is 1.79. The summed E-state index contributed by atoms with van der Waals surface area (Å²) < 4.78 is 0. The quantitative estimate of drug-likeness (QED) is 0.848. The van der Waals surface area contributed by atoms with Crippen LogP contribution < -0.4 is 10.7 Å². The number of hydrazine groups is 1. The van der Waals surface area contributed by atoms with E-state index in [4.69, 9.17) is 5.73 Å². The fourth-order valence-corrected chi connectivity index (χ4v) is 2.29. The number of benzene rings is 1. The molecule has 1 fully saturated rings. The Morgan fingerprint density at radius 3 is 2.58 bits per heavy atom. The highest BCUT2D eigenvalue weighted by atomic mass is 16.2. The molecular formula is C13H15N5O. The van der Waals surface area contributed by atoms with Crippen LogP contribution in [0.3, 0.4) is 0 Å². The number of hydrogen-bond acceptors (Lipinski definition) is 4. The van der Waals surface area contributed by atoms with Gasteiger partial charge in [-0.05, 0) is 17.7 Å². The lowest BCUT2D eigenvalue weighted by Gasteiger charge is -2.26. The summed E-state index contributed by atoms with van der Waals surface area (Å²) in [6, 6.07) is 7.92. The summed E-state index contributed by atoms with van der Waals surface area (Å²) in [4.78, 5) is 11.5. The molecule has 3 rings (SSSR count). The third-order valence-corrected chi connectivity index (χ3v) is 3.41. The van der Waals surface area contributed by atoms with Crippen molar-refractivity contribution in [3.05, 3.63) is 30.5 Å². The standard InChI is InChI=1S/C13H15N5O/c1-17-12(19)6-7-18(17)10-4-2-9(3-5-10)11-8-15-16-13(11)14/h2-5,8H,6-7H2,1H3,(H3,14,15,16). The molecule has 19 heavy (non-hydrogen) atoms. The first kappa shape index (κ1) is 11.6. The molecule has 0 spiro atoms. The van der Waals surface area contributed by atoms with Crippen molar-refractivity contribution in [2.24, 2.45) is 0 Å². The van der Waals surface area contributed by atoms with Crippen molar-refractivity contribution in [2.75, 3.05) is 24.3 Å². The number of nitrogen functional groups attached to an aromatic ring is 1. The number of amides is 1. The monoisotopic (exact) mass is 257 g/mol. The van der Waals surface area contributed by atoms with Crippen molar-refractivity contribution in [2.45, 2.75) is 6.42 Å². The molecule has 0 bridgehead atoms. The predicted octanol–water partition coefficient (Wildman–Crippen LogP) is 1.24. The van der Waals surface area contributed by atoms with Gasteiger partial charge in [0.1, 0.15) is 5.82 Å². The van der Waals surface area contributed by atoms with Crippen molar-refractivity contribution in [1.29, 1.82) is 0 Å². The Kier molecular flexibility index (Phi) is 2.63. The number of nitrogens with two attached hydrogens (primary N) is 1. The zero-order chi connectivity index (χ0) is 13.4. The lowest BCUT2D eigenvalue weighted by molar-refractivity contribution is -0.126. The zero-order valence-electron chi connectivity index (χ0n) is 10.6. The topological polar surface area (TPSA) is 78.2 Å². The van der Waals surface area contributed by atoms with Gasteiger partial charge in [0.05, 0.1) is 11.9 Å². The van der Waals surface area contributed by atoms with E-state index in [1.807, 2.05) is 29.3 Å². The fourth-order valence-electron chi connectivity index (χ4n) is 2.29. The molecule has 0 aliphatic carbocycles. The molecular weight excluding hydrogens is 242 g/mol. The Morgan fingerprint density at radius 1 is 1.32 bits per heavy atom. The van der Waals surface area contributed by atoms with E-state index < -0.39 is 0 Å². The summed E-state index contributed by atoms with van der Waals surface area (Å²) in [5, 5.41) is 10.2. The number of hydrogen-bond donors (Lipinski definition) is 2. The van der Waals surface area contributed by atoms with E-state index in [0.717, 1.165) is 23.4 Å². The van der Waals surface area contributed by atoms with E-state index in [1.165, 1.54) is 0 Å². The van der Waals surface area contributed by atoms with Gasteiger partial charge in [-0.15, -0.1) is 0 Å². The molecule has 3 N–H and O–H groups in total. The SMILES string of the molecule is CN1C(=O)CCN1c1ccc(-c2cn[nH]c2N)cc1. The third kappa shape index (κ3) is 1.91. The van der Waals surface area contributed by atoms with E-state index >= 15 is 0 Å². The van der Waals surface area contributed by atoms with E-state index in [9.17, 15) is 4.79 Å².